The Morgan fingerprint density at radius 1 is 1.31 bits per heavy atom. The van der Waals surface area contributed by atoms with E-state index < -0.39 is 0 Å². The number of hydrogen-bond donors (Lipinski definition) is 0. The molecule has 0 aliphatic rings. The molecule has 0 aliphatic carbocycles. The van der Waals surface area contributed by atoms with Gasteiger partial charge in [0.05, 0.1) is 12.7 Å². The van der Waals surface area contributed by atoms with Crippen molar-refractivity contribution >= 4 is 12.0 Å². The maximum Gasteiger partial charge on any atom is 0.337 e. The number of unbranched alkanes of at least 4 members (excludes halogenated alkanes) is 2. The molecule has 0 spiro atoms. The number of esters is 1. The Morgan fingerprint density at radius 2 is 2.00 bits per heavy atom. The number of rotatable bonds is 5. The van der Waals surface area contributed by atoms with E-state index in [1.54, 1.807) is 12.1 Å². The smallest absolute Gasteiger partial charge is 0.337 e. The molecule has 1 rings (SSSR count). The lowest BCUT2D eigenvalue weighted by atomic mass is 10.1. The van der Waals surface area contributed by atoms with Gasteiger partial charge in [-0.3, -0.25) is 0 Å². The highest BCUT2D eigenvalue weighted by Crippen LogP contribution is 2.08. The van der Waals surface area contributed by atoms with Crippen molar-refractivity contribution < 1.29 is 9.53 Å². The van der Waals surface area contributed by atoms with Crippen LogP contribution in [0.3, 0.4) is 0 Å². The largest absolute Gasteiger partial charge is 0.465 e. The maximum atomic E-state index is 11.2. The third kappa shape index (κ3) is 3.89. The van der Waals surface area contributed by atoms with Crippen LogP contribution in [-0.4, -0.2) is 13.1 Å². The molecule has 0 aromatic heterocycles. The van der Waals surface area contributed by atoms with Gasteiger partial charge < -0.3 is 4.74 Å². The minimum absolute atomic E-state index is 0.290. The first-order chi connectivity index (χ1) is 7.77. The van der Waals surface area contributed by atoms with Crippen LogP contribution in [0.2, 0.25) is 0 Å². The van der Waals surface area contributed by atoms with Gasteiger partial charge in [-0.15, -0.1) is 0 Å². The zero-order valence-electron chi connectivity index (χ0n) is 9.90. The van der Waals surface area contributed by atoms with E-state index in [0.717, 1.165) is 12.0 Å². The Labute approximate surface area is 96.9 Å². The average molecular weight is 218 g/mol. The lowest BCUT2D eigenvalue weighted by molar-refractivity contribution is 0.0601. The number of carbonyl (C=O) groups excluding carboxylic acids is 1. The third-order valence-electron chi connectivity index (χ3n) is 2.37. The van der Waals surface area contributed by atoms with E-state index in [2.05, 4.69) is 23.8 Å². The van der Waals surface area contributed by atoms with Crippen molar-refractivity contribution in [1.82, 2.24) is 0 Å². The van der Waals surface area contributed by atoms with Crippen LogP contribution < -0.4 is 0 Å². The van der Waals surface area contributed by atoms with Gasteiger partial charge in [0.25, 0.3) is 0 Å². The van der Waals surface area contributed by atoms with E-state index in [4.69, 9.17) is 0 Å². The van der Waals surface area contributed by atoms with Crippen molar-refractivity contribution in [3.8, 4) is 0 Å². The van der Waals surface area contributed by atoms with E-state index >= 15 is 0 Å². The summed E-state index contributed by atoms with van der Waals surface area (Å²) in [5, 5.41) is 0. The summed E-state index contributed by atoms with van der Waals surface area (Å²) in [5.41, 5.74) is 1.71. The number of hydrogen-bond acceptors (Lipinski definition) is 2. The molecule has 1 aromatic rings. The number of benzene rings is 1. The van der Waals surface area contributed by atoms with Gasteiger partial charge in [-0.2, -0.15) is 0 Å². The maximum absolute atomic E-state index is 11.2. The quantitative estimate of drug-likeness (QED) is 0.556. The molecule has 0 saturated heterocycles. The molecule has 0 radical (unpaired) electrons. The summed E-state index contributed by atoms with van der Waals surface area (Å²) in [6.45, 7) is 2.18. The molecule has 0 fully saturated rings. The molecule has 16 heavy (non-hydrogen) atoms. The van der Waals surface area contributed by atoms with Gasteiger partial charge >= 0.3 is 5.97 Å². The highest BCUT2D eigenvalue weighted by molar-refractivity contribution is 5.89. The van der Waals surface area contributed by atoms with Gasteiger partial charge in [0.2, 0.25) is 0 Å². The van der Waals surface area contributed by atoms with Gasteiger partial charge in [0.15, 0.2) is 0 Å². The Bertz CT molecular complexity index is 350. The zero-order valence-corrected chi connectivity index (χ0v) is 9.90. The summed E-state index contributed by atoms with van der Waals surface area (Å²) >= 11 is 0. The first kappa shape index (κ1) is 12.5. The minimum Gasteiger partial charge on any atom is -0.465 e. The van der Waals surface area contributed by atoms with Crippen LogP contribution in [0.1, 0.15) is 42.1 Å². The second-order valence-corrected chi connectivity index (χ2v) is 3.66. The second-order valence-electron chi connectivity index (χ2n) is 3.66. The van der Waals surface area contributed by atoms with Crippen molar-refractivity contribution in [1.29, 1.82) is 0 Å². The number of methoxy groups -OCH3 is 1. The van der Waals surface area contributed by atoms with Crippen LogP contribution in [-0.2, 0) is 4.74 Å². The topological polar surface area (TPSA) is 26.3 Å². The van der Waals surface area contributed by atoms with Crippen LogP contribution in [0.15, 0.2) is 30.3 Å². The Kier molecular flexibility index (Phi) is 5.34. The van der Waals surface area contributed by atoms with Crippen molar-refractivity contribution in [2.24, 2.45) is 0 Å². The van der Waals surface area contributed by atoms with Crippen molar-refractivity contribution in [2.45, 2.75) is 26.2 Å². The summed E-state index contributed by atoms with van der Waals surface area (Å²) in [7, 11) is 1.39. The fraction of sp³-hybridized carbons (Fsp3) is 0.357. The van der Waals surface area contributed by atoms with E-state index in [-0.39, 0.29) is 5.97 Å². The van der Waals surface area contributed by atoms with E-state index in [9.17, 15) is 4.79 Å². The molecule has 0 atom stereocenters. The number of carbonyl (C=O) groups is 1. The van der Waals surface area contributed by atoms with Gasteiger partial charge in [-0.25, -0.2) is 4.79 Å². The van der Waals surface area contributed by atoms with Gasteiger partial charge in [-0.1, -0.05) is 44.1 Å². The van der Waals surface area contributed by atoms with Crippen LogP contribution in [0.4, 0.5) is 0 Å². The standard InChI is InChI=1S/C14H18O2/c1-3-4-5-6-7-12-8-10-13(11-9-12)14(15)16-2/h6-11H,3-5H2,1-2H3/b7-6-. The molecule has 2 nitrogen and oxygen atoms in total. The lowest BCUT2D eigenvalue weighted by Gasteiger charge is -1.99. The molecule has 0 N–H and O–H groups in total. The molecule has 2 heteroatoms. The summed E-state index contributed by atoms with van der Waals surface area (Å²) < 4.78 is 4.63. The van der Waals surface area contributed by atoms with Crippen molar-refractivity contribution in [3.05, 3.63) is 41.5 Å². The van der Waals surface area contributed by atoms with Crippen LogP contribution >= 0.6 is 0 Å². The number of allylic oxidation sites excluding steroid dienone is 1. The summed E-state index contributed by atoms with van der Waals surface area (Å²) in [6, 6.07) is 7.42. The highest BCUT2D eigenvalue weighted by atomic mass is 16.5. The van der Waals surface area contributed by atoms with Crippen molar-refractivity contribution in [2.75, 3.05) is 7.11 Å². The fourth-order valence-corrected chi connectivity index (χ4v) is 1.39. The molecular weight excluding hydrogens is 200 g/mol. The molecular formula is C14H18O2. The molecule has 0 amide bonds. The van der Waals surface area contributed by atoms with Gasteiger partial charge in [0.1, 0.15) is 0 Å². The molecule has 86 valence electrons. The summed E-state index contributed by atoms with van der Waals surface area (Å²) in [5.74, 6) is -0.290. The van der Waals surface area contributed by atoms with Crippen LogP contribution in [0.5, 0.6) is 0 Å². The average Bonchev–Trinajstić information content (AvgIpc) is 2.34. The van der Waals surface area contributed by atoms with Crippen LogP contribution in [0, 0.1) is 0 Å². The van der Waals surface area contributed by atoms with Crippen LogP contribution in [0.25, 0.3) is 6.08 Å². The second kappa shape index (κ2) is 6.83. The molecule has 0 aliphatic heterocycles. The molecule has 0 heterocycles. The molecule has 0 saturated carbocycles. The summed E-state index contributed by atoms with van der Waals surface area (Å²) in [4.78, 5) is 11.2. The van der Waals surface area contributed by atoms with Crippen molar-refractivity contribution in [3.63, 3.8) is 0 Å². The Morgan fingerprint density at radius 3 is 2.56 bits per heavy atom. The van der Waals surface area contributed by atoms with E-state index in [1.165, 1.54) is 20.0 Å². The normalized spacial score (nSPS) is 10.6. The monoisotopic (exact) mass is 218 g/mol. The SMILES string of the molecule is CCCC/C=C\c1ccc(C(=O)OC)cc1. The van der Waals surface area contributed by atoms with Gasteiger partial charge in [0, 0.05) is 0 Å². The number of ether oxygens (including phenoxy) is 1. The third-order valence-corrected chi connectivity index (χ3v) is 2.37. The predicted molar refractivity (Wildman–Crippen MR) is 66.3 cm³/mol. The Hall–Kier alpha value is -1.57. The predicted octanol–water partition coefficient (Wildman–Crippen LogP) is 3.68. The minimum atomic E-state index is -0.290. The lowest BCUT2D eigenvalue weighted by Crippen LogP contribution is -2.00. The Balaban J connectivity index is 2.57. The molecule has 1 aromatic carbocycles. The first-order valence-electron chi connectivity index (χ1n) is 5.63. The van der Waals surface area contributed by atoms with Gasteiger partial charge in [-0.05, 0) is 24.1 Å². The molecule has 0 bridgehead atoms. The summed E-state index contributed by atoms with van der Waals surface area (Å²) in [6.07, 6.45) is 7.78. The molecule has 0 unspecified atom stereocenters. The fourth-order valence-electron chi connectivity index (χ4n) is 1.39. The highest BCUT2D eigenvalue weighted by Gasteiger charge is 2.02. The first-order valence-corrected chi connectivity index (χ1v) is 5.63. The van der Waals surface area contributed by atoms with E-state index in [0.29, 0.717) is 5.56 Å². The zero-order chi connectivity index (χ0) is 11.8. The van der Waals surface area contributed by atoms with E-state index in [1.807, 2.05) is 12.1 Å².